The quantitative estimate of drug-likeness (QED) is 0.198. The van der Waals surface area contributed by atoms with Crippen molar-refractivity contribution < 1.29 is 0 Å². The molecule has 2 heterocycles. The van der Waals surface area contributed by atoms with E-state index in [4.69, 9.17) is 4.99 Å². The minimum Gasteiger partial charge on any atom is -0.352 e. The van der Waals surface area contributed by atoms with Crippen LogP contribution in [0.2, 0.25) is 0 Å². The summed E-state index contributed by atoms with van der Waals surface area (Å²) in [4.78, 5) is 4.79. The predicted octanol–water partition coefficient (Wildman–Crippen LogP) is 3.42. The van der Waals surface area contributed by atoms with Crippen molar-refractivity contribution in [3.63, 3.8) is 0 Å². The molecule has 0 radical (unpaired) electrons. The molecule has 2 aromatic heterocycles. The van der Waals surface area contributed by atoms with Crippen LogP contribution in [0.25, 0.3) is 0 Å². The standard InChI is InChI=1S/C24H28N8.HI/c1-19-29-30-23(31(19)2)17-27-24(25-15-20-9-4-3-5-10-20)26-16-21-11-6-7-12-22(21)18-32-14-8-13-28-32;/h3-14H,15-18H2,1-2H3,(H2,25,26,27);1H. The number of halogens is 1. The molecule has 9 heteroatoms. The average molecular weight is 556 g/mol. The summed E-state index contributed by atoms with van der Waals surface area (Å²) < 4.78 is 3.90. The first-order chi connectivity index (χ1) is 15.7. The second-order valence-corrected chi connectivity index (χ2v) is 7.55. The molecule has 0 saturated heterocycles. The van der Waals surface area contributed by atoms with Crippen molar-refractivity contribution in [3.05, 3.63) is 101 Å². The summed E-state index contributed by atoms with van der Waals surface area (Å²) in [5.74, 6) is 2.46. The maximum atomic E-state index is 4.79. The first-order valence-electron chi connectivity index (χ1n) is 10.6. The van der Waals surface area contributed by atoms with Gasteiger partial charge in [-0.3, -0.25) is 4.68 Å². The molecule has 0 aliphatic heterocycles. The lowest BCUT2D eigenvalue weighted by Gasteiger charge is -2.15. The Labute approximate surface area is 211 Å². The zero-order chi connectivity index (χ0) is 22.2. The molecule has 2 N–H and O–H groups in total. The van der Waals surface area contributed by atoms with E-state index in [1.54, 1.807) is 6.20 Å². The lowest BCUT2D eigenvalue weighted by atomic mass is 10.1. The highest BCUT2D eigenvalue weighted by Gasteiger charge is 2.08. The van der Waals surface area contributed by atoms with Gasteiger partial charge in [-0.15, -0.1) is 34.2 Å². The normalized spacial score (nSPS) is 11.2. The molecule has 4 rings (SSSR count). The Morgan fingerprint density at radius 3 is 2.33 bits per heavy atom. The maximum Gasteiger partial charge on any atom is 0.192 e. The third kappa shape index (κ3) is 6.88. The highest BCUT2D eigenvalue weighted by molar-refractivity contribution is 14.0. The molecule has 2 aromatic carbocycles. The summed E-state index contributed by atoms with van der Waals surface area (Å²) in [5, 5.41) is 19.6. The fourth-order valence-electron chi connectivity index (χ4n) is 3.33. The molecule has 0 aliphatic carbocycles. The van der Waals surface area contributed by atoms with E-state index in [9.17, 15) is 0 Å². The second-order valence-electron chi connectivity index (χ2n) is 7.55. The van der Waals surface area contributed by atoms with Crippen LogP contribution in [-0.2, 0) is 33.2 Å². The molecule has 0 spiro atoms. The van der Waals surface area contributed by atoms with Crippen LogP contribution < -0.4 is 10.6 Å². The van der Waals surface area contributed by atoms with Crippen LogP contribution in [0.1, 0.15) is 28.3 Å². The Hall–Kier alpha value is -3.21. The van der Waals surface area contributed by atoms with Gasteiger partial charge in [-0.25, -0.2) is 4.99 Å². The number of nitrogens with one attached hydrogen (secondary N) is 2. The molecule has 172 valence electrons. The van der Waals surface area contributed by atoms with Crippen molar-refractivity contribution in [2.24, 2.45) is 12.0 Å². The first kappa shape index (κ1) is 24.4. The number of guanidine groups is 1. The molecule has 0 aliphatic rings. The number of aromatic nitrogens is 5. The Kier molecular flexibility index (Phi) is 8.99. The predicted molar refractivity (Wildman–Crippen MR) is 140 cm³/mol. The molecular formula is C24H29IN8. The van der Waals surface area contributed by atoms with Crippen LogP contribution >= 0.6 is 24.0 Å². The summed E-state index contributed by atoms with van der Waals surface area (Å²) in [6.07, 6.45) is 3.77. The second kappa shape index (κ2) is 12.1. The van der Waals surface area contributed by atoms with Crippen molar-refractivity contribution in [1.82, 2.24) is 35.2 Å². The summed E-state index contributed by atoms with van der Waals surface area (Å²) in [7, 11) is 1.96. The van der Waals surface area contributed by atoms with Crippen LogP contribution in [-0.4, -0.2) is 30.5 Å². The Bertz CT molecular complexity index is 1150. The molecule has 0 amide bonds. The number of aliphatic imine (C=N–C) groups is 1. The lowest BCUT2D eigenvalue weighted by Crippen LogP contribution is -2.37. The summed E-state index contributed by atoms with van der Waals surface area (Å²) >= 11 is 0. The average Bonchev–Trinajstić information content (AvgIpc) is 3.45. The Morgan fingerprint density at radius 1 is 0.909 bits per heavy atom. The molecule has 33 heavy (non-hydrogen) atoms. The van der Waals surface area contributed by atoms with Crippen molar-refractivity contribution in [2.45, 2.75) is 33.1 Å². The molecule has 0 bridgehead atoms. The molecular weight excluding hydrogens is 527 g/mol. The number of benzene rings is 2. The van der Waals surface area contributed by atoms with Gasteiger partial charge in [0.15, 0.2) is 11.8 Å². The number of rotatable bonds is 8. The van der Waals surface area contributed by atoms with Gasteiger partial charge in [0.25, 0.3) is 0 Å². The highest BCUT2D eigenvalue weighted by Crippen LogP contribution is 2.10. The maximum absolute atomic E-state index is 4.79. The van der Waals surface area contributed by atoms with E-state index in [1.165, 1.54) is 11.1 Å². The minimum atomic E-state index is 0. The van der Waals surface area contributed by atoms with Gasteiger partial charge >= 0.3 is 0 Å². The topological polar surface area (TPSA) is 84.9 Å². The third-order valence-corrected chi connectivity index (χ3v) is 5.32. The Balaban J connectivity index is 0.00000306. The SMILES string of the molecule is Cc1nnc(CNC(=NCc2ccccc2)NCc2ccccc2Cn2cccn2)n1C.I. The van der Waals surface area contributed by atoms with Gasteiger partial charge in [0.05, 0.1) is 19.6 Å². The minimum absolute atomic E-state index is 0. The van der Waals surface area contributed by atoms with E-state index < -0.39 is 0 Å². The van der Waals surface area contributed by atoms with Crippen LogP contribution in [0, 0.1) is 6.92 Å². The van der Waals surface area contributed by atoms with Crippen molar-refractivity contribution in [3.8, 4) is 0 Å². The van der Waals surface area contributed by atoms with E-state index >= 15 is 0 Å². The molecule has 0 atom stereocenters. The van der Waals surface area contributed by atoms with Gasteiger partial charge in [0.1, 0.15) is 5.82 Å². The fraction of sp³-hybridized carbons (Fsp3) is 0.250. The smallest absolute Gasteiger partial charge is 0.192 e. The monoisotopic (exact) mass is 556 g/mol. The number of aryl methyl sites for hydroxylation is 1. The van der Waals surface area contributed by atoms with Crippen molar-refractivity contribution in [1.29, 1.82) is 0 Å². The van der Waals surface area contributed by atoms with Crippen LogP contribution in [0.4, 0.5) is 0 Å². The van der Waals surface area contributed by atoms with Crippen LogP contribution in [0.5, 0.6) is 0 Å². The highest BCUT2D eigenvalue weighted by atomic mass is 127. The van der Waals surface area contributed by atoms with E-state index in [0.29, 0.717) is 19.6 Å². The number of hydrogen-bond acceptors (Lipinski definition) is 4. The summed E-state index contributed by atoms with van der Waals surface area (Å²) in [5.41, 5.74) is 3.57. The van der Waals surface area contributed by atoms with Gasteiger partial charge in [-0.05, 0) is 29.7 Å². The van der Waals surface area contributed by atoms with Crippen LogP contribution in [0.15, 0.2) is 78.0 Å². The number of nitrogens with zero attached hydrogens (tertiary/aromatic N) is 6. The van der Waals surface area contributed by atoms with Gasteiger partial charge in [0.2, 0.25) is 0 Å². The lowest BCUT2D eigenvalue weighted by molar-refractivity contribution is 0.675. The Morgan fingerprint density at radius 2 is 1.64 bits per heavy atom. The molecule has 8 nitrogen and oxygen atoms in total. The van der Waals surface area contributed by atoms with Gasteiger partial charge in [0, 0.05) is 26.0 Å². The van der Waals surface area contributed by atoms with E-state index in [-0.39, 0.29) is 24.0 Å². The molecule has 0 unspecified atom stereocenters. The number of hydrogen-bond donors (Lipinski definition) is 2. The molecule has 0 saturated carbocycles. The van der Waals surface area contributed by atoms with E-state index in [2.05, 4.69) is 62.3 Å². The first-order valence-corrected chi connectivity index (χ1v) is 10.6. The molecule has 4 aromatic rings. The van der Waals surface area contributed by atoms with Crippen molar-refractivity contribution in [2.75, 3.05) is 0 Å². The van der Waals surface area contributed by atoms with E-state index in [1.807, 2.05) is 53.7 Å². The third-order valence-electron chi connectivity index (χ3n) is 5.32. The largest absolute Gasteiger partial charge is 0.352 e. The van der Waals surface area contributed by atoms with E-state index in [0.717, 1.165) is 29.7 Å². The molecule has 0 fully saturated rings. The summed E-state index contributed by atoms with van der Waals surface area (Å²) in [6, 6.07) is 20.5. The zero-order valence-electron chi connectivity index (χ0n) is 18.8. The zero-order valence-corrected chi connectivity index (χ0v) is 21.2. The van der Waals surface area contributed by atoms with Crippen molar-refractivity contribution >= 4 is 29.9 Å². The fourth-order valence-corrected chi connectivity index (χ4v) is 3.33. The van der Waals surface area contributed by atoms with Crippen LogP contribution in [0.3, 0.4) is 0 Å². The van der Waals surface area contributed by atoms with Gasteiger partial charge in [-0.2, -0.15) is 5.10 Å². The van der Waals surface area contributed by atoms with Gasteiger partial charge < -0.3 is 15.2 Å². The summed E-state index contributed by atoms with van der Waals surface area (Å²) in [6.45, 7) is 4.44. The van der Waals surface area contributed by atoms with Gasteiger partial charge in [-0.1, -0.05) is 54.6 Å².